The SMILES string of the molecule is CCOC(=O)[C@@H]1C(=O)NC(N2CCN(c3ccccc3OC)CC2)=N[C@H]1c1ccc(OC)c(OC)c1. The fourth-order valence-electron chi connectivity index (χ4n) is 4.55. The van der Waals surface area contributed by atoms with Gasteiger partial charge in [-0.25, -0.2) is 4.99 Å². The first kappa shape index (κ1) is 25.2. The zero-order valence-electron chi connectivity index (χ0n) is 21.0. The van der Waals surface area contributed by atoms with E-state index < -0.39 is 23.8 Å². The lowest BCUT2D eigenvalue weighted by Crippen LogP contribution is -2.57. The summed E-state index contributed by atoms with van der Waals surface area (Å²) in [4.78, 5) is 35.1. The number of rotatable bonds is 7. The Labute approximate surface area is 210 Å². The molecule has 0 spiro atoms. The number of carbonyl (C=O) groups is 2. The van der Waals surface area contributed by atoms with Gasteiger partial charge in [0.05, 0.1) is 33.6 Å². The average Bonchev–Trinajstić information content (AvgIpc) is 2.92. The molecular formula is C26H32N4O6. The highest BCUT2D eigenvalue weighted by atomic mass is 16.5. The quantitative estimate of drug-likeness (QED) is 0.460. The van der Waals surface area contributed by atoms with Crippen LogP contribution in [0.5, 0.6) is 17.2 Å². The third-order valence-corrected chi connectivity index (χ3v) is 6.39. The summed E-state index contributed by atoms with van der Waals surface area (Å²) < 4.78 is 21.5. The second-order valence-corrected chi connectivity index (χ2v) is 8.38. The summed E-state index contributed by atoms with van der Waals surface area (Å²) in [5.74, 6) is 0.141. The van der Waals surface area contributed by atoms with Gasteiger partial charge in [0.25, 0.3) is 0 Å². The molecule has 0 bridgehead atoms. The van der Waals surface area contributed by atoms with Gasteiger partial charge in [0.2, 0.25) is 11.9 Å². The number of nitrogens with zero attached hydrogens (tertiary/aromatic N) is 3. The molecule has 10 heteroatoms. The van der Waals surface area contributed by atoms with Gasteiger partial charge in [-0.2, -0.15) is 0 Å². The van der Waals surface area contributed by atoms with Crippen molar-refractivity contribution in [3.63, 3.8) is 0 Å². The number of hydrogen-bond donors (Lipinski definition) is 1. The van der Waals surface area contributed by atoms with Crippen LogP contribution in [-0.2, 0) is 14.3 Å². The summed E-state index contributed by atoms with van der Waals surface area (Å²) >= 11 is 0. The van der Waals surface area contributed by atoms with Crippen LogP contribution in [0.2, 0.25) is 0 Å². The normalized spacial score (nSPS) is 19.8. The van der Waals surface area contributed by atoms with Gasteiger partial charge in [0.15, 0.2) is 17.4 Å². The highest BCUT2D eigenvalue weighted by Crippen LogP contribution is 2.36. The molecular weight excluding hydrogens is 464 g/mol. The Morgan fingerprint density at radius 1 is 0.944 bits per heavy atom. The molecule has 0 unspecified atom stereocenters. The lowest BCUT2D eigenvalue weighted by molar-refractivity contribution is -0.153. The molecule has 0 aliphatic carbocycles. The molecule has 2 aliphatic rings. The summed E-state index contributed by atoms with van der Waals surface area (Å²) in [7, 11) is 4.75. The molecule has 1 amide bonds. The maximum absolute atomic E-state index is 13.2. The minimum absolute atomic E-state index is 0.169. The number of para-hydroxylation sites is 2. The standard InChI is InChI=1S/C26H32N4O6/c1-5-36-25(32)22-23(17-10-11-20(34-3)21(16-17)35-4)27-26(28-24(22)31)30-14-12-29(13-15-30)18-8-6-7-9-19(18)33-2/h6-11,16,22-23H,5,12-15H2,1-4H3,(H,27,28,31)/t22-,23-/m0/s1. The molecule has 4 rings (SSSR count). The maximum atomic E-state index is 13.2. The van der Waals surface area contributed by atoms with Crippen molar-refractivity contribution in [3.05, 3.63) is 48.0 Å². The van der Waals surface area contributed by atoms with Crippen molar-refractivity contribution in [3.8, 4) is 17.2 Å². The molecule has 0 saturated carbocycles. The Bertz CT molecular complexity index is 1130. The van der Waals surface area contributed by atoms with Gasteiger partial charge >= 0.3 is 5.97 Å². The van der Waals surface area contributed by atoms with Crippen molar-refractivity contribution >= 4 is 23.5 Å². The zero-order chi connectivity index (χ0) is 25.7. The van der Waals surface area contributed by atoms with E-state index in [1.807, 2.05) is 29.2 Å². The largest absolute Gasteiger partial charge is 0.495 e. The molecule has 0 radical (unpaired) electrons. The molecule has 1 fully saturated rings. The number of ether oxygens (including phenoxy) is 4. The summed E-state index contributed by atoms with van der Waals surface area (Å²) in [6.45, 7) is 4.59. The summed E-state index contributed by atoms with van der Waals surface area (Å²) in [6.07, 6.45) is 0. The number of nitrogens with one attached hydrogen (secondary N) is 1. The van der Waals surface area contributed by atoms with Crippen LogP contribution in [0.1, 0.15) is 18.5 Å². The van der Waals surface area contributed by atoms with Crippen molar-refractivity contribution in [1.29, 1.82) is 0 Å². The number of carbonyl (C=O) groups excluding carboxylic acids is 2. The zero-order valence-corrected chi connectivity index (χ0v) is 21.0. The van der Waals surface area contributed by atoms with Crippen LogP contribution in [0, 0.1) is 5.92 Å². The van der Waals surface area contributed by atoms with E-state index in [4.69, 9.17) is 23.9 Å². The Hall–Kier alpha value is -3.95. The van der Waals surface area contributed by atoms with Gasteiger partial charge < -0.3 is 28.7 Å². The van der Waals surface area contributed by atoms with E-state index in [9.17, 15) is 9.59 Å². The van der Waals surface area contributed by atoms with Crippen molar-refractivity contribution in [2.24, 2.45) is 10.9 Å². The number of amides is 1. The van der Waals surface area contributed by atoms with Gasteiger partial charge in [0, 0.05) is 26.2 Å². The van der Waals surface area contributed by atoms with Gasteiger partial charge in [-0.3, -0.25) is 14.9 Å². The van der Waals surface area contributed by atoms with E-state index >= 15 is 0 Å². The van der Waals surface area contributed by atoms with Crippen molar-refractivity contribution < 1.29 is 28.5 Å². The van der Waals surface area contributed by atoms with E-state index in [0.717, 1.165) is 24.5 Å². The second kappa shape index (κ2) is 11.2. The first-order valence-electron chi connectivity index (χ1n) is 11.9. The molecule has 36 heavy (non-hydrogen) atoms. The number of aliphatic imine (C=N–C) groups is 1. The summed E-state index contributed by atoms with van der Waals surface area (Å²) in [5.41, 5.74) is 1.69. The number of anilines is 1. The molecule has 2 heterocycles. The molecule has 1 N–H and O–H groups in total. The van der Waals surface area contributed by atoms with Crippen molar-refractivity contribution in [2.75, 3.05) is 59.0 Å². The van der Waals surface area contributed by atoms with Crippen LogP contribution < -0.4 is 24.4 Å². The van der Waals surface area contributed by atoms with E-state index in [-0.39, 0.29) is 6.61 Å². The van der Waals surface area contributed by atoms with Gasteiger partial charge in [-0.05, 0) is 36.8 Å². The maximum Gasteiger partial charge on any atom is 0.321 e. The molecule has 2 aromatic carbocycles. The number of benzene rings is 2. The fraction of sp³-hybridized carbons (Fsp3) is 0.423. The van der Waals surface area contributed by atoms with Crippen molar-refractivity contribution in [2.45, 2.75) is 13.0 Å². The highest BCUT2D eigenvalue weighted by Gasteiger charge is 2.42. The molecule has 1 saturated heterocycles. The Morgan fingerprint density at radius 3 is 2.28 bits per heavy atom. The third kappa shape index (κ3) is 5.02. The Kier molecular flexibility index (Phi) is 7.82. The second-order valence-electron chi connectivity index (χ2n) is 8.38. The lowest BCUT2D eigenvalue weighted by atomic mass is 9.91. The van der Waals surface area contributed by atoms with Crippen LogP contribution in [0.25, 0.3) is 0 Å². The highest BCUT2D eigenvalue weighted by molar-refractivity contribution is 6.08. The van der Waals surface area contributed by atoms with E-state index in [2.05, 4.69) is 10.2 Å². The van der Waals surface area contributed by atoms with Crippen LogP contribution >= 0.6 is 0 Å². The summed E-state index contributed by atoms with van der Waals surface area (Å²) in [5, 5.41) is 2.84. The van der Waals surface area contributed by atoms with E-state index in [0.29, 0.717) is 36.1 Å². The lowest BCUT2D eigenvalue weighted by Gasteiger charge is -2.40. The third-order valence-electron chi connectivity index (χ3n) is 6.39. The number of piperazine rings is 1. The summed E-state index contributed by atoms with van der Waals surface area (Å²) in [6, 6.07) is 12.4. The first-order valence-corrected chi connectivity index (χ1v) is 11.9. The fourth-order valence-corrected chi connectivity index (χ4v) is 4.55. The topological polar surface area (TPSA) is 102 Å². The van der Waals surface area contributed by atoms with E-state index in [1.54, 1.807) is 39.3 Å². The van der Waals surface area contributed by atoms with Gasteiger partial charge in [0.1, 0.15) is 11.8 Å². The Balaban J connectivity index is 1.61. The number of guanidine groups is 1. The average molecular weight is 497 g/mol. The number of methoxy groups -OCH3 is 3. The van der Waals surface area contributed by atoms with Crippen LogP contribution in [0.4, 0.5) is 5.69 Å². The van der Waals surface area contributed by atoms with E-state index in [1.165, 1.54) is 7.11 Å². The predicted octanol–water partition coefficient (Wildman–Crippen LogP) is 2.24. The number of hydrogen-bond acceptors (Lipinski definition) is 9. The van der Waals surface area contributed by atoms with Gasteiger partial charge in [-0.1, -0.05) is 18.2 Å². The molecule has 10 nitrogen and oxygen atoms in total. The molecule has 192 valence electrons. The van der Waals surface area contributed by atoms with Crippen LogP contribution in [-0.4, -0.2) is 76.9 Å². The molecule has 2 aliphatic heterocycles. The van der Waals surface area contributed by atoms with Crippen LogP contribution in [0.15, 0.2) is 47.5 Å². The number of esters is 1. The Morgan fingerprint density at radius 2 is 1.61 bits per heavy atom. The molecule has 0 aromatic heterocycles. The minimum atomic E-state index is -1.11. The molecule has 2 aromatic rings. The smallest absolute Gasteiger partial charge is 0.321 e. The van der Waals surface area contributed by atoms with Crippen molar-refractivity contribution in [1.82, 2.24) is 10.2 Å². The van der Waals surface area contributed by atoms with Crippen LogP contribution in [0.3, 0.4) is 0 Å². The molecule has 2 atom stereocenters. The minimum Gasteiger partial charge on any atom is -0.495 e. The monoisotopic (exact) mass is 496 g/mol. The first-order chi connectivity index (χ1) is 17.5. The predicted molar refractivity (Wildman–Crippen MR) is 135 cm³/mol. The van der Waals surface area contributed by atoms with Gasteiger partial charge in [-0.15, -0.1) is 0 Å².